The maximum absolute atomic E-state index is 12.7. The van der Waals surface area contributed by atoms with Crippen LogP contribution in [0.2, 0.25) is 0 Å². The van der Waals surface area contributed by atoms with Crippen LogP contribution >= 0.6 is 0 Å². The fourth-order valence-electron chi connectivity index (χ4n) is 3.50. The smallest absolute Gasteiger partial charge is 0.416 e. The van der Waals surface area contributed by atoms with E-state index in [1.54, 1.807) is 6.92 Å². The lowest BCUT2D eigenvalue weighted by atomic mass is 9.84. The number of piperidine rings is 1. The lowest BCUT2D eigenvalue weighted by molar-refractivity contribution is -0.146. The Kier molecular flexibility index (Phi) is 7.64. The molecule has 160 valence electrons. The minimum atomic E-state index is -4.42. The average molecular weight is 415 g/mol. The number of ketones is 1. The predicted octanol–water partition coefficient (Wildman–Crippen LogP) is 3.62. The van der Waals surface area contributed by atoms with Crippen LogP contribution in [0.25, 0.3) is 0 Å². The number of alkyl halides is 3. The number of rotatable bonds is 6. The maximum atomic E-state index is 12.7. The number of Topliss-reactive ketones (excluding diaryl/α,β-unsaturated/α-hetero) is 1. The minimum absolute atomic E-state index is 0.184. The molecule has 29 heavy (non-hydrogen) atoms. The van der Waals surface area contributed by atoms with Crippen molar-refractivity contribution in [2.75, 3.05) is 20.3 Å². The summed E-state index contributed by atoms with van der Waals surface area (Å²) >= 11 is 0. The Balaban J connectivity index is 2.12. The van der Waals surface area contributed by atoms with Gasteiger partial charge in [0.1, 0.15) is 12.2 Å². The van der Waals surface area contributed by atoms with E-state index in [1.165, 1.54) is 24.1 Å². The Morgan fingerprint density at radius 2 is 1.83 bits per heavy atom. The first kappa shape index (κ1) is 22.7. The van der Waals surface area contributed by atoms with E-state index < -0.39 is 35.8 Å². The van der Waals surface area contributed by atoms with Crippen molar-refractivity contribution in [3.8, 4) is 0 Å². The van der Waals surface area contributed by atoms with Crippen LogP contribution in [0.15, 0.2) is 24.3 Å². The van der Waals surface area contributed by atoms with Crippen LogP contribution in [0, 0.1) is 5.92 Å². The van der Waals surface area contributed by atoms with Crippen LogP contribution in [0.3, 0.4) is 0 Å². The Morgan fingerprint density at radius 3 is 2.38 bits per heavy atom. The van der Waals surface area contributed by atoms with Crippen molar-refractivity contribution >= 4 is 17.8 Å². The Hall–Kier alpha value is -2.58. The highest BCUT2D eigenvalue weighted by atomic mass is 19.4. The van der Waals surface area contributed by atoms with Crippen molar-refractivity contribution in [2.45, 2.75) is 44.8 Å². The van der Waals surface area contributed by atoms with Gasteiger partial charge in [0.25, 0.3) is 0 Å². The van der Waals surface area contributed by atoms with Gasteiger partial charge in [-0.2, -0.15) is 13.2 Å². The fraction of sp³-hybridized carbons (Fsp3) is 0.550. The van der Waals surface area contributed by atoms with Gasteiger partial charge in [-0.1, -0.05) is 12.1 Å². The summed E-state index contributed by atoms with van der Waals surface area (Å²) in [5, 5.41) is 0. The zero-order valence-corrected chi connectivity index (χ0v) is 16.3. The second-order valence-corrected chi connectivity index (χ2v) is 6.89. The van der Waals surface area contributed by atoms with E-state index in [-0.39, 0.29) is 31.8 Å². The van der Waals surface area contributed by atoms with E-state index in [1.807, 2.05) is 0 Å². The number of likely N-dealkylation sites (tertiary alicyclic amines) is 1. The van der Waals surface area contributed by atoms with Gasteiger partial charge in [-0.05, 0) is 43.9 Å². The summed E-state index contributed by atoms with van der Waals surface area (Å²) in [7, 11) is 1.25. The summed E-state index contributed by atoms with van der Waals surface area (Å²) < 4.78 is 47.8. The van der Waals surface area contributed by atoms with Crippen molar-refractivity contribution in [3.63, 3.8) is 0 Å². The lowest BCUT2D eigenvalue weighted by Crippen LogP contribution is -2.48. The van der Waals surface area contributed by atoms with Crippen molar-refractivity contribution in [2.24, 2.45) is 5.92 Å². The first-order valence-electron chi connectivity index (χ1n) is 9.34. The number of benzene rings is 1. The number of esters is 1. The molecule has 1 aromatic carbocycles. The third kappa shape index (κ3) is 6.20. The van der Waals surface area contributed by atoms with E-state index in [4.69, 9.17) is 9.47 Å². The van der Waals surface area contributed by atoms with Crippen LogP contribution in [-0.4, -0.2) is 49.0 Å². The molecule has 1 aliphatic rings. The zero-order valence-electron chi connectivity index (χ0n) is 16.3. The highest BCUT2D eigenvalue weighted by Crippen LogP contribution is 2.31. The first-order chi connectivity index (χ1) is 13.7. The molecule has 2 atom stereocenters. The van der Waals surface area contributed by atoms with Gasteiger partial charge < -0.3 is 14.4 Å². The number of amides is 1. The van der Waals surface area contributed by atoms with Gasteiger partial charge in [0.15, 0.2) is 0 Å². The zero-order chi connectivity index (χ0) is 21.6. The Labute approximate surface area is 167 Å². The summed E-state index contributed by atoms with van der Waals surface area (Å²) in [5.41, 5.74) is -0.146. The third-order valence-corrected chi connectivity index (χ3v) is 4.96. The highest BCUT2D eigenvalue weighted by molar-refractivity contribution is 5.96. The molecule has 0 bridgehead atoms. The van der Waals surface area contributed by atoms with Crippen LogP contribution < -0.4 is 0 Å². The average Bonchev–Trinajstić information content (AvgIpc) is 2.67. The number of nitrogens with zero attached hydrogens (tertiary/aromatic N) is 1. The molecule has 1 heterocycles. The van der Waals surface area contributed by atoms with Crippen LogP contribution in [0.5, 0.6) is 0 Å². The number of carbonyl (C=O) groups excluding carboxylic acids is 3. The summed E-state index contributed by atoms with van der Waals surface area (Å²) in [6.45, 7) is 2.10. The second-order valence-electron chi connectivity index (χ2n) is 6.89. The number of methoxy groups -OCH3 is 1. The van der Waals surface area contributed by atoms with E-state index >= 15 is 0 Å². The first-order valence-corrected chi connectivity index (χ1v) is 9.34. The standard InChI is InChI=1S/C20H24F3NO5/c1-3-29-18(26)12-17(25)14-8-9-24(19(27)28-2)16(11-14)10-13-4-6-15(7-5-13)20(21,22)23/h4-7,14,16H,3,8-12H2,1-2H3/t14-,16+/m1/s1. The van der Waals surface area contributed by atoms with Gasteiger partial charge in [-0.15, -0.1) is 0 Å². The molecule has 1 saturated heterocycles. The highest BCUT2D eigenvalue weighted by Gasteiger charge is 2.36. The van der Waals surface area contributed by atoms with Crippen molar-refractivity contribution in [1.29, 1.82) is 0 Å². The molecule has 1 amide bonds. The van der Waals surface area contributed by atoms with Gasteiger partial charge in [-0.25, -0.2) is 4.79 Å². The normalized spacial score (nSPS) is 19.6. The van der Waals surface area contributed by atoms with E-state index in [9.17, 15) is 27.6 Å². The van der Waals surface area contributed by atoms with Crippen molar-refractivity contribution in [3.05, 3.63) is 35.4 Å². The molecule has 1 fully saturated rings. The Morgan fingerprint density at radius 1 is 1.17 bits per heavy atom. The van der Waals surface area contributed by atoms with E-state index in [0.717, 1.165) is 12.1 Å². The molecule has 1 aliphatic heterocycles. The van der Waals surface area contributed by atoms with Crippen LogP contribution in [0.4, 0.5) is 18.0 Å². The predicted molar refractivity (Wildman–Crippen MR) is 97.0 cm³/mol. The van der Waals surface area contributed by atoms with Gasteiger partial charge in [0, 0.05) is 18.5 Å². The number of carbonyl (C=O) groups is 3. The molecule has 0 N–H and O–H groups in total. The number of hydrogen-bond acceptors (Lipinski definition) is 5. The molecular formula is C20H24F3NO5. The molecule has 9 heteroatoms. The number of ether oxygens (including phenoxy) is 2. The molecule has 6 nitrogen and oxygen atoms in total. The number of halogens is 3. The molecule has 2 rings (SSSR count). The van der Waals surface area contributed by atoms with E-state index in [0.29, 0.717) is 18.4 Å². The SMILES string of the molecule is CCOC(=O)CC(=O)[C@@H]1CCN(C(=O)OC)[C@@H](Cc2ccc(C(F)(F)F)cc2)C1. The maximum Gasteiger partial charge on any atom is 0.416 e. The fourth-order valence-corrected chi connectivity index (χ4v) is 3.50. The molecule has 1 aromatic rings. The second kappa shape index (κ2) is 9.76. The molecule has 0 aliphatic carbocycles. The molecular weight excluding hydrogens is 391 g/mol. The summed E-state index contributed by atoms with van der Waals surface area (Å²) in [4.78, 5) is 37.6. The van der Waals surface area contributed by atoms with Crippen LogP contribution in [-0.2, 0) is 31.7 Å². The van der Waals surface area contributed by atoms with E-state index in [2.05, 4.69) is 0 Å². The van der Waals surface area contributed by atoms with Gasteiger partial charge in [0.05, 0.1) is 19.3 Å². The van der Waals surface area contributed by atoms with Crippen molar-refractivity contribution < 1.29 is 37.0 Å². The summed E-state index contributed by atoms with van der Waals surface area (Å²) in [5.74, 6) is -1.28. The molecule has 0 unspecified atom stereocenters. The van der Waals surface area contributed by atoms with Crippen molar-refractivity contribution in [1.82, 2.24) is 4.90 Å². The monoisotopic (exact) mass is 415 g/mol. The summed E-state index contributed by atoms with van der Waals surface area (Å²) in [6.07, 6.45) is -4.35. The van der Waals surface area contributed by atoms with Crippen LogP contribution in [0.1, 0.15) is 37.3 Å². The molecule has 0 radical (unpaired) electrons. The number of hydrogen-bond donors (Lipinski definition) is 0. The lowest BCUT2D eigenvalue weighted by Gasteiger charge is -2.38. The summed E-state index contributed by atoms with van der Waals surface area (Å²) in [6, 6.07) is 4.28. The molecule has 0 aromatic heterocycles. The largest absolute Gasteiger partial charge is 0.466 e. The topological polar surface area (TPSA) is 72.9 Å². The Bertz CT molecular complexity index is 733. The minimum Gasteiger partial charge on any atom is -0.466 e. The molecule has 0 spiro atoms. The van der Waals surface area contributed by atoms with Gasteiger partial charge >= 0.3 is 18.2 Å². The molecule has 0 saturated carbocycles. The van der Waals surface area contributed by atoms with Gasteiger partial charge in [0.2, 0.25) is 0 Å². The third-order valence-electron chi connectivity index (χ3n) is 4.96. The quantitative estimate of drug-likeness (QED) is 0.524. The van der Waals surface area contributed by atoms with Gasteiger partial charge in [-0.3, -0.25) is 9.59 Å².